The summed E-state index contributed by atoms with van der Waals surface area (Å²) in [4.78, 5) is 22.8. The van der Waals surface area contributed by atoms with Crippen molar-refractivity contribution in [2.75, 3.05) is 6.54 Å². The number of amides is 1. The Bertz CT molecular complexity index is 227. The first-order chi connectivity index (χ1) is 6.88. The molecule has 0 aliphatic rings. The zero-order valence-electron chi connectivity index (χ0n) is 9.49. The molecule has 5 nitrogen and oxygen atoms in total. The lowest BCUT2D eigenvalue weighted by molar-refractivity contribution is -0.130. The lowest BCUT2D eigenvalue weighted by Crippen LogP contribution is -2.47. The van der Waals surface area contributed by atoms with Gasteiger partial charge < -0.3 is 16.2 Å². The SMILES string of the molecule is CC(C)C(=O)[C@H](CN)NC(=O)C[C@H](C)O. The highest BCUT2D eigenvalue weighted by Gasteiger charge is 2.21. The summed E-state index contributed by atoms with van der Waals surface area (Å²) in [6.45, 7) is 5.11. The molecule has 0 bridgehead atoms. The molecule has 0 fully saturated rings. The van der Waals surface area contributed by atoms with Crippen molar-refractivity contribution in [2.24, 2.45) is 11.7 Å². The number of nitrogens with two attached hydrogens (primary N) is 1. The lowest BCUT2D eigenvalue weighted by atomic mass is 10.0. The zero-order valence-corrected chi connectivity index (χ0v) is 9.49. The Labute approximate surface area is 90.0 Å². The quantitative estimate of drug-likeness (QED) is 0.554. The van der Waals surface area contributed by atoms with E-state index in [0.29, 0.717) is 0 Å². The summed E-state index contributed by atoms with van der Waals surface area (Å²) in [6.07, 6.45) is -0.723. The van der Waals surface area contributed by atoms with Crippen LogP contribution in [0, 0.1) is 5.92 Å². The molecular formula is C10H20N2O3. The Hall–Kier alpha value is -0.940. The summed E-state index contributed by atoms with van der Waals surface area (Å²) in [5, 5.41) is 11.5. The molecule has 0 aliphatic heterocycles. The van der Waals surface area contributed by atoms with Crippen LogP contribution < -0.4 is 11.1 Å². The molecule has 0 saturated carbocycles. The van der Waals surface area contributed by atoms with Gasteiger partial charge in [-0.25, -0.2) is 0 Å². The van der Waals surface area contributed by atoms with E-state index >= 15 is 0 Å². The number of carbonyl (C=O) groups is 2. The summed E-state index contributed by atoms with van der Waals surface area (Å²) >= 11 is 0. The predicted octanol–water partition coefficient (Wildman–Crippen LogP) is -0.574. The van der Waals surface area contributed by atoms with E-state index in [0.717, 1.165) is 0 Å². The van der Waals surface area contributed by atoms with E-state index in [4.69, 9.17) is 10.8 Å². The maximum atomic E-state index is 11.5. The summed E-state index contributed by atoms with van der Waals surface area (Å²) in [7, 11) is 0. The summed E-state index contributed by atoms with van der Waals surface area (Å²) in [6, 6.07) is -0.642. The van der Waals surface area contributed by atoms with Crippen LogP contribution in [0.25, 0.3) is 0 Å². The number of Topliss-reactive ketones (excluding diaryl/α,β-unsaturated/α-hetero) is 1. The molecule has 88 valence electrons. The van der Waals surface area contributed by atoms with Gasteiger partial charge in [-0.2, -0.15) is 0 Å². The van der Waals surface area contributed by atoms with Crippen LogP contribution in [0.5, 0.6) is 0 Å². The number of ketones is 1. The Morgan fingerprint density at radius 3 is 2.20 bits per heavy atom. The molecule has 0 spiro atoms. The fourth-order valence-corrected chi connectivity index (χ4v) is 1.17. The molecule has 0 radical (unpaired) electrons. The van der Waals surface area contributed by atoms with Gasteiger partial charge >= 0.3 is 0 Å². The van der Waals surface area contributed by atoms with Crippen LogP contribution in [0.1, 0.15) is 27.2 Å². The topological polar surface area (TPSA) is 92.4 Å². The van der Waals surface area contributed by atoms with Crippen molar-refractivity contribution in [3.05, 3.63) is 0 Å². The Morgan fingerprint density at radius 1 is 1.33 bits per heavy atom. The predicted molar refractivity (Wildman–Crippen MR) is 57.1 cm³/mol. The summed E-state index contributed by atoms with van der Waals surface area (Å²) in [5.74, 6) is -0.601. The number of hydrogen-bond donors (Lipinski definition) is 3. The fourth-order valence-electron chi connectivity index (χ4n) is 1.17. The van der Waals surface area contributed by atoms with Crippen LogP contribution in [-0.2, 0) is 9.59 Å². The van der Waals surface area contributed by atoms with Gasteiger partial charge in [0, 0.05) is 12.5 Å². The first-order valence-corrected chi connectivity index (χ1v) is 5.09. The van der Waals surface area contributed by atoms with Gasteiger partial charge in [-0.05, 0) is 6.92 Å². The molecule has 0 aromatic heterocycles. The molecule has 0 saturated heterocycles. The van der Waals surface area contributed by atoms with Crippen molar-refractivity contribution in [1.29, 1.82) is 0 Å². The second-order valence-electron chi connectivity index (χ2n) is 3.97. The number of rotatable bonds is 6. The van der Waals surface area contributed by atoms with Crippen molar-refractivity contribution < 1.29 is 14.7 Å². The van der Waals surface area contributed by atoms with Gasteiger partial charge in [-0.3, -0.25) is 9.59 Å². The smallest absolute Gasteiger partial charge is 0.223 e. The molecule has 5 heteroatoms. The zero-order chi connectivity index (χ0) is 12.0. The molecule has 2 atom stereocenters. The van der Waals surface area contributed by atoms with Crippen LogP contribution in [-0.4, -0.2) is 35.5 Å². The largest absolute Gasteiger partial charge is 0.393 e. The number of aliphatic hydroxyl groups excluding tert-OH is 1. The van der Waals surface area contributed by atoms with E-state index in [1.54, 1.807) is 13.8 Å². The third-order valence-electron chi connectivity index (χ3n) is 1.96. The highest BCUT2D eigenvalue weighted by molar-refractivity contribution is 5.90. The Morgan fingerprint density at radius 2 is 1.87 bits per heavy atom. The van der Waals surface area contributed by atoms with Crippen molar-refractivity contribution in [3.8, 4) is 0 Å². The fraction of sp³-hybridized carbons (Fsp3) is 0.800. The summed E-state index contributed by atoms with van der Waals surface area (Å²) in [5.41, 5.74) is 5.39. The van der Waals surface area contributed by atoms with Crippen LogP contribution in [0.15, 0.2) is 0 Å². The number of carbonyl (C=O) groups excluding carboxylic acids is 2. The lowest BCUT2D eigenvalue weighted by Gasteiger charge is -2.18. The van der Waals surface area contributed by atoms with E-state index in [9.17, 15) is 9.59 Å². The third-order valence-corrected chi connectivity index (χ3v) is 1.96. The van der Waals surface area contributed by atoms with Gasteiger partial charge in [0.25, 0.3) is 0 Å². The minimum atomic E-state index is -0.711. The number of hydrogen-bond acceptors (Lipinski definition) is 4. The Kier molecular flexibility index (Phi) is 6.12. The van der Waals surface area contributed by atoms with Gasteiger partial charge in [-0.15, -0.1) is 0 Å². The first-order valence-electron chi connectivity index (χ1n) is 5.09. The average molecular weight is 216 g/mol. The highest BCUT2D eigenvalue weighted by Crippen LogP contribution is 2.00. The van der Waals surface area contributed by atoms with E-state index in [1.807, 2.05) is 0 Å². The van der Waals surface area contributed by atoms with Crippen molar-refractivity contribution in [1.82, 2.24) is 5.32 Å². The van der Waals surface area contributed by atoms with Crippen molar-refractivity contribution in [2.45, 2.75) is 39.3 Å². The van der Waals surface area contributed by atoms with Crippen molar-refractivity contribution >= 4 is 11.7 Å². The molecule has 0 unspecified atom stereocenters. The molecule has 4 N–H and O–H groups in total. The van der Waals surface area contributed by atoms with Crippen molar-refractivity contribution in [3.63, 3.8) is 0 Å². The standard InChI is InChI=1S/C10H20N2O3/c1-6(2)10(15)8(5-11)12-9(14)4-7(3)13/h6-8,13H,4-5,11H2,1-3H3,(H,12,14)/t7-,8-/m0/s1. The Balaban J connectivity index is 4.21. The third kappa shape index (κ3) is 5.49. The highest BCUT2D eigenvalue weighted by atomic mass is 16.3. The molecule has 0 aromatic carbocycles. The van der Waals surface area contributed by atoms with Crippen LogP contribution in [0.3, 0.4) is 0 Å². The van der Waals surface area contributed by atoms with Gasteiger partial charge in [-0.1, -0.05) is 13.8 Å². The van der Waals surface area contributed by atoms with E-state index < -0.39 is 12.1 Å². The molecule has 0 aromatic rings. The number of nitrogens with one attached hydrogen (secondary N) is 1. The molecule has 0 rings (SSSR count). The van der Waals surface area contributed by atoms with Gasteiger partial charge in [0.15, 0.2) is 5.78 Å². The van der Waals surface area contributed by atoms with E-state index in [2.05, 4.69) is 5.32 Å². The number of aliphatic hydroxyl groups is 1. The van der Waals surface area contributed by atoms with E-state index in [1.165, 1.54) is 6.92 Å². The molecule has 0 aliphatic carbocycles. The van der Waals surface area contributed by atoms with E-state index in [-0.39, 0.29) is 30.6 Å². The van der Waals surface area contributed by atoms with Crippen LogP contribution in [0.4, 0.5) is 0 Å². The second kappa shape index (κ2) is 6.53. The molecule has 15 heavy (non-hydrogen) atoms. The van der Waals surface area contributed by atoms with Gasteiger partial charge in [0.05, 0.1) is 18.6 Å². The monoisotopic (exact) mass is 216 g/mol. The first kappa shape index (κ1) is 14.1. The minimum Gasteiger partial charge on any atom is -0.393 e. The maximum Gasteiger partial charge on any atom is 0.223 e. The van der Waals surface area contributed by atoms with Crippen LogP contribution in [0.2, 0.25) is 0 Å². The minimum absolute atomic E-state index is 0.0120. The normalized spacial score (nSPS) is 14.8. The molecule has 0 heterocycles. The van der Waals surface area contributed by atoms with Crippen LogP contribution >= 0.6 is 0 Å². The molecular weight excluding hydrogens is 196 g/mol. The average Bonchev–Trinajstić information content (AvgIpc) is 2.11. The molecule has 1 amide bonds. The van der Waals surface area contributed by atoms with Gasteiger partial charge in [0.1, 0.15) is 0 Å². The second-order valence-corrected chi connectivity index (χ2v) is 3.97. The maximum absolute atomic E-state index is 11.5. The van der Waals surface area contributed by atoms with Gasteiger partial charge in [0.2, 0.25) is 5.91 Å². The summed E-state index contributed by atoms with van der Waals surface area (Å²) < 4.78 is 0.